The minimum atomic E-state index is -0.0979. The molecule has 0 aliphatic rings. The van der Waals surface area contributed by atoms with E-state index in [-0.39, 0.29) is 5.91 Å². The van der Waals surface area contributed by atoms with Crippen molar-refractivity contribution in [2.45, 2.75) is 10.6 Å². The third-order valence-electron chi connectivity index (χ3n) is 3.71. The van der Waals surface area contributed by atoms with Gasteiger partial charge in [0.2, 0.25) is 0 Å². The van der Waals surface area contributed by atoms with Crippen LogP contribution in [-0.4, -0.2) is 13.0 Å². The molecule has 0 saturated carbocycles. The molecule has 0 radical (unpaired) electrons. The highest BCUT2D eigenvalue weighted by atomic mass is 32.2. The molecule has 0 spiro atoms. The van der Waals surface area contributed by atoms with E-state index >= 15 is 0 Å². The van der Waals surface area contributed by atoms with Crippen LogP contribution in [0.25, 0.3) is 0 Å². The third-order valence-corrected chi connectivity index (χ3v) is 4.80. The molecular weight excluding hydrogens is 330 g/mol. The molecule has 0 aliphatic carbocycles. The average Bonchev–Trinajstić information content (AvgIpc) is 2.68. The maximum Gasteiger partial charge on any atom is 0.255 e. The van der Waals surface area contributed by atoms with E-state index in [1.165, 1.54) is 5.56 Å². The SMILES string of the molecule is COc1ccc(CSc2ccc(NC(=O)c3ccccc3)cc2)cc1. The van der Waals surface area contributed by atoms with Crippen LogP contribution in [-0.2, 0) is 5.75 Å². The summed E-state index contributed by atoms with van der Waals surface area (Å²) in [6.45, 7) is 0. The highest BCUT2D eigenvalue weighted by molar-refractivity contribution is 7.98. The molecule has 0 heterocycles. The lowest BCUT2D eigenvalue weighted by Crippen LogP contribution is -2.11. The highest BCUT2D eigenvalue weighted by Crippen LogP contribution is 2.25. The summed E-state index contributed by atoms with van der Waals surface area (Å²) < 4.78 is 5.17. The van der Waals surface area contributed by atoms with Crippen molar-refractivity contribution in [3.05, 3.63) is 90.0 Å². The van der Waals surface area contributed by atoms with Gasteiger partial charge in [0.25, 0.3) is 5.91 Å². The first kappa shape index (κ1) is 17.1. The zero-order valence-corrected chi connectivity index (χ0v) is 14.8. The number of methoxy groups -OCH3 is 1. The van der Waals surface area contributed by atoms with Crippen LogP contribution in [0.3, 0.4) is 0 Å². The molecule has 3 nitrogen and oxygen atoms in total. The molecule has 0 aromatic heterocycles. The second kappa shape index (κ2) is 8.40. The van der Waals surface area contributed by atoms with Crippen LogP contribution in [0.5, 0.6) is 5.75 Å². The Morgan fingerprint density at radius 3 is 2.24 bits per heavy atom. The van der Waals surface area contributed by atoms with Crippen molar-refractivity contribution in [1.82, 2.24) is 0 Å². The summed E-state index contributed by atoms with van der Waals surface area (Å²) in [7, 11) is 1.67. The largest absolute Gasteiger partial charge is 0.497 e. The second-order valence-electron chi connectivity index (χ2n) is 5.48. The molecule has 1 amide bonds. The van der Waals surface area contributed by atoms with Crippen molar-refractivity contribution in [3.8, 4) is 5.75 Å². The average molecular weight is 349 g/mol. The van der Waals surface area contributed by atoms with Gasteiger partial charge in [-0.25, -0.2) is 0 Å². The number of amides is 1. The van der Waals surface area contributed by atoms with Gasteiger partial charge in [0, 0.05) is 21.9 Å². The van der Waals surface area contributed by atoms with E-state index in [1.54, 1.807) is 31.0 Å². The Morgan fingerprint density at radius 2 is 1.60 bits per heavy atom. The van der Waals surface area contributed by atoms with Gasteiger partial charge in [0.1, 0.15) is 5.75 Å². The van der Waals surface area contributed by atoms with Crippen LogP contribution in [0.15, 0.2) is 83.8 Å². The molecule has 0 unspecified atom stereocenters. The first-order valence-corrected chi connectivity index (χ1v) is 8.95. The zero-order chi connectivity index (χ0) is 17.5. The Morgan fingerprint density at radius 1 is 0.920 bits per heavy atom. The van der Waals surface area contributed by atoms with E-state index in [2.05, 4.69) is 17.4 Å². The fraction of sp³-hybridized carbons (Fsp3) is 0.0952. The molecule has 25 heavy (non-hydrogen) atoms. The van der Waals surface area contributed by atoms with Crippen molar-refractivity contribution in [1.29, 1.82) is 0 Å². The third kappa shape index (κ3) is 4.88. The molecule has 3 aromatic carbocycles. The van der Waals surface area contributed by atoms with Crippen LogP contribution < -0.4 is 10.1 Å². The van der Waals surface area contributed by atoms with Crippen molar-refractivity contribution in [3.63, 3.8) is 0 Å². The van der Waals surface area contributed by atoms with Gasteiger partial charge in [0.05, 0.1) is 7.11 Å². The number of ether oxygens (including phenoxy) is 1. The lowest BCUT2D eigenvalue weighted by Gasteiger charge is -2.07. The van der Waals surface area contributed by atoms with E-state index in [0.29, 0.717) is 5.56 Å². The number of hydrogen-bond acceptors (Lipinski definition) is 3. The van der Waals surface area contributed by atoms with Crippen LogP contribution in [0.2, 0.25) is 0 Å². The fourth-order valence-electron chi connectivity index (χ4n) is 2.32. The zero-order valence-electron chi connectivity index (χ0n) is 13.9. The topological polar surface area (TPSA) is 38.3 Å². The molecule has 0 fully saturated rings. The van der Waals surface area contributed by atoms with Crippen molar-refractivity contribution in [2.24, 2.45) is 0 Å². The van der Waals surface area contributed by atoms with Gasteiger partial charge >= 0.3 is 0 Å². The lowest BCUT2D eigenvalue weighted by atomic mass is 10.2. The number of carbonyl (C=O) groups excluding carboxylic acids is 1. The summed E-state index contributed by atoms with van der Waals surface area (Å²) in [5, 5.41) is 2.91. The van der Waals surface area contributed by atoms with Gasteiger partial charge in [-0.05, 0) is 54.1 Å². The number of rotatable bonds is 6. The van der Waals surface area contributed by atoms with E-state index in [0.717, 1.165) is 22.1 Å². The summed E-state index contributed by atoms with van der Waals surface area (Å²) in [6, 6.07) is 25.2. The van der Waals surface area contributed by atoms with Crippen molar-refractivity contribution >= 4 is 23.4 Å². The predicted molar refractivity (Wildman–Crippen MR) is 103 cm³/mol. The smallest absolute Gasteiger partial charge is 0.255 e. The fourth-order valence-corrected chi connectivity index (χ4v) is 3.17. The first-order chi connectivity index (χ1) is 12.2. The summed E-state index contributed by atoms with van der Waals surface area (Å²) >= 11 is 1.76. The standard InChI is InChI=1S/C21H19NO2S/c1-24-19-11-7-16(8-12-19)15-25-20-13-9-18(10-14-20)22-21(23)17-5-3-2-4-6-17/h2-14H,15H2,1H3,(H,22,23). The summed E-state index contributed by atoms with van der Waals surface area (Å²) in [5.41, 5.74) is 2.69. The van der Waals surface area contributed by atoms with E-state index in [4.69, 9.17) is 4.74 Å². The van der Waals surface area contributed by atoms with Crippen molar-refractivity contribution < 1.29 is 9.53 Å². The normalized spacial score (nSPS) is 10.3. The second-order valence-corrected chi connectivity index (χ2v) is 6.53. The minimum Gasteiger partial charge on any atom is -0.497 e. The van der Waals surface area contributed by atoms with Crippen LogP contribution in [0.4, 0.5) is 5.69 Å². The molecule has 4 heteroatoms. The van der Waals surface area contributed by atoms with Crippen LogP contribution in [0.1, 0.15) is 15.9 Å². The van der Waals surface area contributed by atoms with Gasteiger partial charge < -0.3 is 10.1 Å². The predicted octanol–water partition coefficient (Wildman–Crippen LogP) is 5.24. The number of hydrogen-bond donors (Lipinski definition) is 1. The van der Waals surface area contributed by atoms with Gasteiger partial charge in [-0.15, -0.1) is 11.8 Å². The number of thioether (sulfide) groups is 1. The minimum absolute atomic E-state index is 0.0979. The van der Waals surface area contributed by atoms with E-state index in [1.807, 2.05) is 54.6 Å². The molecule has 126 valence electrons. The van der Waals surface area contributed by atoms with Crippen LogP contribution in [0, 0.1) is 0 Å². The molecule has 0 bridgehead atoms. The van der Waals surface area contributed by atoms with Crippen LogP contribution >= 0.6 is 11.8 Å². The Balaban J connectivity index is 1.55. The number of nitrogens with one attached hydrogen (secondary N) is 1. The Bertz CT molecular complexity index is 815. The number of anilines is 1. The Kier molecular flexibility index (Phi) is 5.75. The van der Waals surface area contributed by atoms with E-state index < -0.39 is 0 Å². The Hall–Kier alpha value is -2.72. The van der Waals surface area contributed by atoms with Gasteiger partial charge in [-0.1, -0.05) is 30.3 Å². The summed E-state index contributed by atoms with van der Waals surface area (Å²) in [6.07, 6.45) is 0. The molecule has 3 aromatic rings. The maximum atomic E-state index is 12.1. The monoisotopic (exact) mass is 349 g/mol. The Labute approximate surface area is 152 Å². The van der Waals surface area contributed by atoms with Gasteiger partial charge in [-0.2, -0.15) is 0 Å². The summed E-state index contributed by atoms with van der Waals surface area (Å²) in [4.78, 5) is 13.3. The molecule has 0 atom stereocenters. The number of carbonyl (C=O) groups is 1. The first-order valence-electron chi connectivity index (χ1n) is 7.97. The highest BCUT2D eigenvalue weighted by Gasteiger charge is 2.05. The lowest BCUT2D eigenvalue weighted by molar-refractivity contribution is 0.102. The molecule has 0 aliphatic heterocycles. The maximum absolute atomic E-state index is 12.1. The van der Waals surface area contributed by atoms with Gasteiger partial charge in [-0.3, -0.25) is 4.79 Å². The van der Waals surface area contributed by atoms with Gasteiger partial charge in [0.15, 0.2) is 0 Å². The van der Waals surface area contributed by atoms with E-state index in [9.17, 15) is 4.79 Å². The number of benzene rings is 3. The quantitative estimate of drug-likeness (QED) is 0.619. The molecule has 3 rings (SSSR count). The molecular formula is C21H19NO2S. The molecule has 0 saturated heterocycles. The summed E-state index contributed by atoms with van der Waals surface area (Å²) in [5.74, 6) is 1.66. The molecule has 1 N–H and O–H groups in total. The van der Waals surface area contributed by atoms with Crippen molar-refractivity contribution in [2.75, 3.05) is 12.4 Å².